The molecule has 3 aliphatic rings. The van der Waals surface area contributed by atoms with Gasteiger partial charge in [-0.15, -0.1) is 6.58 Å². The first-order valence-corrected chi connectivity index (χ1v) is 7.06. The van der Waals surface area contributed by atoms with Crippen molar-refractivity contribution >= 4 is 0 Å². The minimum Gasteiger partial charge on any atom is -0.396 e. The third-order valence-corrected chi connectivity index (χ3v) is 5.82. The SMILES string of the molecule is C=C(C)CC(C)(CO)C1CCC2CC1C2(C)C. The molecule has 3 saturated carbocycles. The highest BCUT2D eigenvalue weighted by molar-refractivity contribution is 5.09. The van der Waals surface area contributed by atoms with Crippen LogP contribution in [0.2, 0.25) is 0 Å². The van der Waals surface area contributed by atoms with Gasteiger partial charge in [0.15, 0.2) is 0 Å². The normalized spacial score (nSPS) is 38.1. The zero-order valence-corrected chi connectivity index (χ0v) is 11.9. The van der Waals surface area contributed by atoms with Gasteiger partial charge in [0.1, 0.15) is 0 Å². The Hall–Kier alpha value is -0.300. The largest absolute Gasteiger partial charge is 0.396 e. The van der Waals surface area contributed by atoms with E-state index in [9.17, 15) is 5.11 Å². The predicted octanol–water partition coefficient (Wildman–Crippen LogP) is 4.02. The van der Waals surface area contributed by atoms with Crippen molar-refractivity contribution in [3.8, 4) is 0 Å². The van der Waals surface area contributed by atoms with Gasteiger partial charge >= 0.3 is 0 Å². The van der Waals surface area contributed by atoms with Crippen LogP contribution in [0.4, 0.5) is 0 Å². The van der Waals surface area contributed by atoms with Crippen molar-refractivity contribution in [2.45, 2.75) is 53.4 Å². The van der Waals surface area contributed by atoms with Crippen LogP contribution in [-0.2, 0) is 0 Å². The van der Waals surface area contributed by atoms with Crippen LogP contribution in [-0.4, -0.2) is 11.7 Å². The fraction of sp³-hybridized carbons (Fsp3) is 0.875. The van der Waals surface area contributed by atoms with E-state index in [0.717, 1.165) is 18.3 Å². The molecule has 1 N–H and O–H groups in total. The Balaban J connectivity index is 2.17. The fourth-order valence-electron chi connectivity index (χ4n) is 4.64. The molecule has 4 atom stereocenters. The first-order chi connectivity index (χ1) is 7.81. The van der Waals surface area contributed by atoms with Crippen LogP contribution in [0.25, 0.3) is 0 Å². The highest BCUT2D eigenvalue weighted by Crippen LogP contribution is 2.65. The van der Waals surface area contributed by atoms with Crippen molar-refractivity contribution in [3.05, 3.63) is 12.2 Å². The van der Waals surface area contributed by atoms with Gasteiger partial charge < -0.3 is 5.11 Å². The Kier molecular flexibility index (Phi) is 3.18. The molecule has 0 aromatic heterocycles. The molecule has 0 aliphatic heterocycles. The van der Waals surface area contributed by atoms with Crippen LogP contribution in [0, 0.1) is 28.6 Å². The predicted molar refractivity (Wildman–Crippen MR) is 72.7 cm³/mol. The third kappa shape index (κ3) is 1.97. The van der Waals surface area contributed by atoms with Gasteiger partial charge in [-0.2, -0.15) is 0 Å². The summed E-state index contributed by atoms with van der Waals surface area (Å²) >= 11 is 0. The van der Waals surface area contributed by atoms with Gasteiger partial charge in [-0.1, -0.05) is 26.3 Å². The second-order valence-corrected chi connectivity index (χ2v) is 7.49. The van der Waals surface area contributed by atoms with Gasteiger partial charge in [-0.3, -0.25) is 0 Å². The smallest absolute Gasteiger partial charge is 0.0490 e. The minimum atomic E-state index is 0.0547. The summed E-state index contributed by atoms with van der Waals surface area (Å²) in [7, 11) is 0. The van der Waals surface area contributed by atoms with Gasteiger partial charge in [0.2, 0.25) is 0 Å². The van der Waals surface area contributed by atoms with Crippen molar-refractivity contribution in [3.63, 3.8) is 0 Å². The van der Waals surface area contributed by atoms with Crippen molar-refractivity contribution < 1.29 is 5.11 Å². The lowest BCUT2D eigenvalue weighted by Gasteiger charge is -2.63. The standard InChI is InChI=1S/C16H28O/c1-11(2)9-16(5,10-17)13-7-6-12-8-14(13)15(12,3)4/h12-14,17H,1,6-10H2,2-5H3. The van der Waals surface area contributed by atoms with Crippen LogP contribution in [0.1, 0.15) is 53.4 Å². The summed E-state index contributed by atoms with van der Waals surface area (Å²) in [5.41, 5.74) is 1.77. The number of aliphatic hydroxyl groups excluding tert-OH is 1. The number of allylic oxidation sites excluding steroid dienone is 1. The molecule has 1 heteroatoms. The second-order valence-electron chi connectivity index (χ2n) is 7.49. The van der Waals surface area contributed by atoms with E-state index in [4.69, 9.17) is 0 Å². The van der Waals surface area contributed by atoms with Crippen molar-refractivity contribution in [1.82, 2.24) is 0 Å². The van der Waals surface area contributed by atoms with Gasteiger partial charge in [0.25, 0.3) is 0 Å². The Morgan fingerprint density at radius 3 is 2.47 bits per heavy atom. The van der Waals surface area contributed by atoms with Crippen LogP contribution >= 0.6 is 0 Å². The number of aliphatic hydroxyl groups is 1. The van der Waals surface area contributed by atoms with Crippen LogP contribution in [0.15, 0.2) is 12.2 Å². The van der Waals surface area contributed by atoms with Crippen LogP contribution < -0.4 is 0 Å². The second kappa shape index (κ2) is 4.12. The highest BCUT2D eigenvalue weighted by atomic mass is 16.3. The molecule has 4 unspecified atom stereocenters. The first kappa shape index (κ1) is 13.1. The molecule has 0 aromatic rings. The summed E-state index contributed by atoms with van der Waals surface area (Å²) in [5, 5.41) is 9.85. The highest BCUT2D eigenvalue weighted by Gasteiger charge is 2.57. The average Bonchev–Trinajstić information content (AvgIpc) is 2.27. The third-order valence-electron chi connectivity index (χ3n) is 5.82. The Morgan fingerprint density at radius 1 is 1.41 bits per heavy atom. The van der Waals surface area contributed by atoms with E-state index in [1.807, 2.05) is 0 Å². The molecule has 0 aromatic carbocycles. The summed E-state index contributed by atoms with van der Waals surface area (Å²) in [6.07, 6.45) is 5.04. The van der Waals surface area contributed by atoms with Crippen molar-refractivity contribution in [2.75, 3.05) is 6.61 Å². The lowest BCUT2D eigenvalue weighted by atomic mass is 9.42. The maximum absolute atomic E-state index is 9.85. The zero-order valence-electron chi connectivity index (χ0n) is 11.9. The minimum absolute atomic E-state index is 0.0547. The number of hydrogen-bond donors (Lipinski definition) is 1. The molecule has 3 rings (SSSR count). The summed E-state index contributed by atoms with van der Waals surface area (Å²) in [4.78, 5) is 0. The number of hydrogen-bond acceptors (Lipinski definition) is 1. The molecule has 3 fully saturated rings. The summed E-state index contributed by atoms with van der Waals surface area (Å²) in [5.74, 6) is 2.44. The lowest BCUT2D eigenvalue weighted by Crippen LogP contribution is -2.56. The molecule has 3 aliphatic carbocycles. The van der Waals surface area contributed by atoms with E-state index in [1.165, 1.54) is 24.8 Å². The molecule has 0 radical (unpaired) electrons. The number of rotatable bonds is 4. The molecule has 98 valence electrons. The van der Waals surface area contributed by atoms with Gasteiger partial charge in [-0.05, 0) is 61.2 Å². The lowest BCUT2D eigenvalue weighted by molar-refractivity contribution is -0.149. The van der Waals surface area contributed by atoms with Crippen molar-refractivity contribution in [2.24, 2.45) is 28.6 Å². The molecule has 0 heterocycles. The first-order valence-electron chi connectivity index (χ1n) is 7.06. The van der Waals surface area contributed by atoms with Gasteiger partial charge in [-0.25, -0.2) is 0 Å². The Morgan fingerprint density at radius 2 is 2.06 bits per heavy atom. The maximum atomic E-state index is 9.85. The van der Waals surface area contributed by atoms with E-state index in [2.05, 4.69) is 34.3 Å². The Bertz CT molecular complexity index is 315. The Labute approximate surface area is 106 Å². The molecular weight excluding hydrogens is 208 g/mol. The summed E-state index contributed by atoms with van der Waals surface area (Å²) < 4.78 is 0. The quantitative estimate of drug-likeness (QED) is 0.731. The summed E-state index contributed by atoms with van der Waals surface area (Å²) in [6.45, 7) is 13.6. The van der Waals surface area contributed by atoms with E-state index >= 15 is 0 Å². The van der Waals surface area contributed by atoms with E-state index in [0.29, 0.717) is 17.9 Å². The van der Waals surface area contributed by atoms with Crippen LogP contribution in [0.3, 0.4) is 0 Å². The zero-order chi connectivity index (χ0) is 12.8. The molecule has 2 bridgehead atoms. The molecule has 17 heavy (non-hydrogen) atoms. The average molecular weight is 236 g/mol. The summed E-state index contributed by atoms with van der Waals surface area (Å²) in [6, 6.07) is 0. The van der Waals surface area contributed by atoms with Crippen LogP contribution in [0.5, 0.6) is 0 Å². The van der Waals surface area contributed by atoms with E-state index in [1.54, 1.807) is 0 Å². The molecule has 1 nitrogen and oxygen atoms in total. The van der Waals surface area contributed by atoms with Gasteiger partial charge in [0, 0.05) is 6.61 Å². The fourth-order valence-corrected chi connectivity index (χ4v) is 4.64. The maximum Gasteiger partial charge on any atom is 0.0490 e. The van der Waals surface area contributed by atoms with E-state index in [-0.39, 0.29) is 5.41 Å². The van der Waals surface area contributed by atoms with Crippen molar-refractivity contribution in [1.29, 1.82) is 0 Å². The van der Waals surface area contributed by atoms with Gasteiger partial charge in [0.05, 0.1) is 0 Å². The monoisotopic (exact) mass is 236 g/mol. The number of fused-ring (bicyclic) bond motifs is 2. The molecule has 0 saturated heterocycles. The molecule has 0 amide bonds. The molecule has 0 spiro atoms. The van der Waals surface area contributed by atoms with E-state index < -0.39 is 0 Å². The topological polar surface area (TPSA) is 20.2 Å². The molecular formula is C16H28O.